The van der Waals surface area contributed by atoms with Crippen LogP contribution in [0.1, 0.15) is 28.6 Å². The third kappa shape index (κ3) is 2.95. The minimum Gasteiger partial charge on any atom is -0.453 e. The fourth-order valence-corrected chi connectivity index (χ4v) is 2.22. The quantitative estimate of drug-likeness (QED) is 0.501. The van der Waals surface area contributed by atoms with Gasteiger partial charge in [0.05, 0.1) is 0 Å². The van der Waals surface area contributed by atoms with Crippen molar-refractivity contribution < 1.29 is 9.21 Å². The van der Waals surface area contributed by atoms with Gasteiger partial charge in [-0.3, -0.25) is 4.79 Å². The second kappa shape index (κ2) is 5.80. The highest BCUT2D eigenvalue weighted by atomic mass is 16.3. The molecule has 0 bridgehead atoms. The number of para-hydroxylation sites is 1. The van der Waals surface area contributed by atoms with E-state index in [2.05, 4.69) is 19.1 Å². The van der Waals surface area contributed by atoms with Gasteiger partial charge in [-0.15, -0.1) is 0 Å². The molecule has 0 unspecified atom stereocenters. The topological polar surface area (TPSA) is 30.2 Å². The maximum absolute atomic E-state index is 12.1. The average molecular weight is 276 g/mol. The monoisotopic (exact) mass is 276 g/mol. The van der Waals surface area contributed by atoms with Crippen LogP contribution in [0.5, 0.6) is 0 Å². The molecule has 0 amide bonds. The van der Waals surface area contributed by atoms with Crippen molar-refractivity contribution >= 4 is 22.8 Å². The summed E-state index contributed by atoms with van der Waals surface area (Å²) in [6, 6.07) is 17.6. The Labute approximate surface area is 123 Å². The lowest BCUT2D eigenvalue weighted by Crippen LogP contribution is -1.90. The number of carbonyl (C=O) groups excluding carboxylic acids is 1. The van der Waals surface area contributed by atoms with E-state index in [0.717, 1.165) is 23.0 Å². The van der Waals surface area contributed by atoms with Gasteiger partial charge in [-0.2, -0.15) is 0 Å². The molecule has 0 aliphatic carbocycles. The molecule has 0 fully saturated rings. The summed E-state index contributed by atoms with van der Waals surface area (Å²) in [5.41, 5.74) is 3.04. The zero-order valence-corrected chi connectivity index (χ0v) is 11.9. The SMILES string of the molecule is CCc1ccc(/C=C/C(=O)c2cc3ccccc3o2)cc1. The van der Waals surface area contributed by atoms with E-state index in [1.165, 1.54) is 5.56 Å². The summed E-state index contributed by atoms with van der Waals surface area (Å²) in [6.07, 6.45) is 4.38. The lowest BCUT2D eigenvalue weighted by molar-refractivity contribution is 0.102. The first-order valence-electron chi connectivity index (χ1n) is 7.06. The minimum atomic E-state index is -0.120. The molecule has 2 nitrogen and oxygen atoms in total. The highest BCUT2D eigenvalue weighted by Gasteiger charge is 2.08. The summed E-state index contributed by atoms with van der Waals surface area (Å²) in [5.74, 6) is 0.253. The Morgan fingerprint density at radius 3 is 2.57 bits per heavy atom. The summed E-state index contributed by atoms with van der Waals surface area (Å²) >= 11 is 0. The molecule has 3 rings (SSSR count). The molecule has 2 heteroatoms. The van der Waals surface area contributed by atoms with Crippen LogP contribution in [0.2, 0.25) is 0 Å². The molecule has 2 aromatic carbocycles. The van der Waals surface area contributed by atoms with E-state index in [1.54, 1.807) is 12.1 Å². The Balaban J connectivity index is 1.79. The molecule has 0 saturated carbocycles. The highest BCUT2D eigenvalue weighted by Crippen LogP contribution is 2.19. The number of fused-ring (bicyclic) bond motifs is 1. The Morgan fingerprint density at radius 2 is 1.86 bits per heavy atom. The average Bonchev–Trinajstić information content (AvgIpc) is 2.97. The number of rotatable bonds is 4. The first kappa shape index (κ1) is 13.4. The van der Waals surface area contributed by atoms with Gasteiger partial charge in [0.15, 0.2) is 5.76 Å². The Kier molecular flexibility index (Phi) is 3.69. The van der Waals surface area contributed by atoms with Crippen LogP contribution in [-0.4, -0.2) is 5.78 Å². The normalized spacial score (nSPS) is 11.3. The molecule has 21 heavy (non-hydrogen) atoms. The molecule has 1 heterocycles. The van der Waals surface area contributed by atoms with Crippen LogP contribution in [0, 0.1) is 0 Å². The van der Waals surface area contributed by atoms with Crippen molar-refractivity contribution in [3.63, 3.8) is 0 Å². The van der Waals surface area contributed by atoms with Crippen LogP contribution in [-0.2, 0) is 6.42 Å². The van der Waals surface area contributed by atoms with Crippen molar-refractivity contribution in [1.82, 2.24) is 0 Å². The summed E-state index contributed by atoms with van der Waals surface area (Å²) in [4.78, 5) is 12.1. The Hall–Kier alpha value is -2.61. The van der Waals surface area contributed by atoms with Crippen molar-refractivity contribution in [1.29, 1.82) is 0 Å². The Morgan fingerprint density at radius 1 is 1.10 bits per heavy atom. The number of carbonyl (C=O) groups is 1. The van der Waals surface area contributed by atoms with E-state index in [-0.39, 0.29) is 5.78 Å². The summed E-state index contributed by atoms with van der Waals surface area (Å²) in [6.45, 7) is 2.12. The van der Waals surface area contributed by atoms with Crippen molar-refractivity contribution in [2.24, 2.45) is 0 Å². The van der Waals surface area contributed by atoms with Crippen molar-refractivity contribution in [2.45, 2.75) is 13.3 Å². The largest absolute Gasteiger partial charge is 0.453 e. The molecule has 3 aromatic rings. The number of ketones is 1. The van der Waals surface area contributed by atoms with Gasteiger partial charge in [-0.05, 0) is 35.8 Å². The van der Waals surface area contributed by atoms with Gasteiger partial charge >= 0.3 is 0 Å². The minimum absolute atomic E-state index is 0.120. The van der Waals surface area contributed by atoms with Crippen LogP contribution in [0.3, 0.4) is 0 Å². The molecule has 0 atom stereocenters. The van der Waals surface area contributed by atoms with E-state index in [4.69, 9.17) is 4.42 Å². The van der Waals surface area contributed by atoms with Crippen molar-refractivity contribution in [2.75, 3.05) is 0 Å². The van der Waals surface area contributed by atoms with Crippen LogP contribution < -0.4 is 0 Å². The molecule has 0 N–H and O–H groups in total. The molecule has 104 valence electrons. The predicted molar refractivity (Wildman–Crippen MR) is 85.4 cm³/mol. The number of aryl methyl sites for hydroxylation is 1. The van der Waals surface area contributed by atoms with Gasteiger partial charge in [0.1, 0.15) is 5.58 Å². The molecule has 0 aliphatic heterocycles. The van der Waals surface area contributed by atoms with E-state index in [0.29, 0.717) is 5.76 Å². The maximum atomic E-state index is 12.1. The number of benzene rings is 2. The lowest BCUT2D eigenvalue weighted by Gasteiger charge is -1.96. The predicted octanol–water partition coefficient (Wildman–Crippen LogP) is 4.89. The summed E-state index contributed by atoms with van der Waals surface area (Å²) < 4.78 is 5.55. The van der Waals surface area contributed by atoms with Gasteiger partial charge < -0.3 is 4.42 Å². The number of furan rings is 1. The number of hydrogen-bond acceptors (Lipinski definition) is 2. The van der Waals surface area contributed by atoms with Gasteiger partial charge in [0.2, 0.25) is 5.78 Å². The molecule has 0 saturated heterocycles. The fourth-order valence-electron chi connectivity index (χ4n) is 2.22. The fraction of sp³-hybridized carbons (Fsp3) is 0.105. The van der Waals surface area contributed by atoms with E-state index >= 15 is 0 Å². The molecule has 0 aliphatic rings. The molecule has 0 spiro atoms. The van der Waals surface area contributed by atoms with E-state index in [9.17, 15) is 4.79 Å². The van der Waals surface area contributed by atoms with Gasteiger partial charge in [0.25, 0.3) is 0 Å². The van der Waals surface area contributed by atoms with Gasteiger partial charge in [-0.25, -0.2) is 0 Å². The van der Waals surface area contributed by atoms with Crippen LogP contribution >= 0.6 is 0 Å². The lowest BCUT2D eigenvalue weighted by atomic mass is 10.1. The first-order valence-corrected chi connectivity index (χ1v) is 7.06. The third-order valence-corrected chi connectivity index (χ3v) is 3.48. The van der Waals surface area contributed by atoms with E-state index in [1.807, 2.05) is 42.5 Å². The summed E-state index contributed by atoms with van der Waals surface area (Å²) in [7, 11) is 0. The van der Waals surface area contributed by atoms with E-state index < -0.39 is 0 Å². The molecule has 0 radical (unpaired) electrons. The second-order valence-corrected chi connectivity index (χ2v) is 4.94. The standard InChI is InChI=1S/C19H16O2/c1-2-14-7-9-15(10-8-14)11-12-17(20)19-13-16-5-3-4-6-18(16)21-19/h3-13H,2H2,1H3/b12-11+. The molecule has 1 aromatic heterocycles. The summed E-state index contributed by atoms with van der Waals surface area (Å²) in [5, 5.41) is 0.946. The Bertz CT molecular complexity index is 759. The molecular formula is C19H16O2. The second-order valence-electron chi connectivity index (χ2n) is 4.94. The van der Waals surface area contributed by atoms with Crippen LogP contribution in [0.15, 0.2) is 65.1 Å². The molecular weight excluding hydrogens is 260 g/mol. The maximum Gasteiger partial charge on any atom is 0.221 e. The van der Waals surface area contributed by atoms with Crippen LogP contribution in [0.25, 0.3) is 17.0 Å². The number of allylic oxidation sites excluding steroid dienone is 1. The van der Waals surface area contributed by atoms with Crippen molar-refractivity contribution in [3.05, 3.63) is 77.6 Å². The zero-order valence-electron chi connectivity index (χ0n) is 11.9. The first-order chi connectivity index (χ1) is 10.3. The van der Waals surface area contributed by atoms with Gasteiger partial charge in [-0.1, -0.05) is 55.5 Å². The highest BCUT2D eigenvalue weighted by molar-refractivity contribution is 6.06. The zero-order chi connectivity index (χ0) is 14.7. The van der Waals surface area contributed by atoms with Crippen molar-refractivity contribution in [3.8, 4) is 0 Å². The third-order valence-electron chi connectivity index (χ3n) is 3.48. The smallest absolute Gasteiger partial charge is 0.221 e. The van der Waals surface area contributed by atoms with Crippen LogP contribution in [0.4, 0.5) is 0 Å². The van der Waals surface area contributed by atoms with Gasteiger partial charge in [0, 0.05) is 5.39 Å². The number of hydrogen-bond donors (Lipinski definition) is 0.